The van der Waals surface area contributed by atoms with Gasteiger partial charge < -0.3 is 20.1 Å². The summed E-state index contributed by atoms with van der Waals surface area (Å²) in [5, 5.41) is 0. The Labute approximate surface area is 150 Å². The van der Waals surface area contributed by atoms with E-state index in [0.29, 0.717) is 5.92 Å². The van der Waals surface area contributed by atoms with E-state index in [-0.39, 0.29) is 6.04 Å². The molecule has 2 aromatic carbocycles. The van der Waals surface area contributed by atoms with Crippen LogP contribution in [0.5, 0.6) is 11.5 Å². The lowest BCUT2D eigenvalue weighted by Crippen LogP contribution is -2.47. The van der Waals surface area contributed by atoms with Gasteiger partial charge in [0.1, 0.15) is 11.5 Å². The van der Waals surface area contributed by atoms with Crippen LogP contribution in [0.4, 0.5) is 5.69 Å². The third-order valence-electron chi connectivity index (χ3n) is 4.94. The largest absolute Gasteiger partial charge is 0.497 e. The number of piperidine rings is 1. The van der Waals surface area contributed by atoms with Crippen molar-refractivity contribution in [1.82, 2.24) is 0 Å². The molecule has 1 aliphatic rings. The number of hydrogen-bond acceptors (Lipinski definition) is 4. The standard InChI is InChI=1S/C21H28N2O2/c1-15-4-6-16(7-5-15)10-17-11-18(22)14-23(13-17)20-12-19(24-2)8-9-21(20)25-3/h4-9,12,17-18H,10-11,13-14,22H2,1-3H3. The summed E-state index contributed by atoms with van der Waals surface area (Å²) in [6.45, 7) is 3.94. The fraction of sp³-hybridized carbons (Fsp3) is 0.429. The highest BCUT2D eigenvalue weighted by molar-refractivity contribution is 5.62. The lowest BCUT2D eigenvalue weighted by Gasteiger charge is -2.38. The summed E-state index contributed by atoms with van der Waals surface area (Å²) in [4.78, 5) is 2.34. The molecule has 2 aromatic rings. The monoisotopic (exact) mass is 340 g/mol. The molecule has 0 saturated carbocycles. The summed E-state index contributed by atoms with van der Waals surface area (Å²) >= 11 is 0. The molecule has 1 aliphatic heterocycles. The van der Waals surface area contributed by atoms with Gasteiger partial charge in [-0.15, -0.1) is 0 Å². The number of rotatable bonds is 5. The maximum absolute atomic E-state index is 6.38. The van der Waals surface area contributed by atoms with Gasteiger partial charge in [0.15, 0.2) is 0 Å². The molecule has 3 rings (SSSR count). The van der Waals surface area contributed by atoms with E-state index in [1.807, 2.05) is 18.2 Å². The Morgan fingerprint density at radius 2 is 1.80 bits per heavy atom. The Bertz CT molecular complexity index is 700. The quantitative estimate of drug-likeness (QED) is 0.906. The van der Waals surface area contributed by atoms with Crippen LogP contribution >= 0.6 is 0 Å². The minimum atomic E-state index is 0.167. The van der Waals surface area contributed by atoms with E-state index in [1.165, 1.54) is 11.1 Å². The normalized spacial score (nSPS) is 20.4. The van der Waals surface area contributed by atoms with Crippen LogP contribution in [-0.2, 0) is 6.42 Å². The molecule has 25 heavy (non-hydrogen) atoms. The summed E-state index contributed by atoms with van der Waals surface area (Å²) in [5.74, 6) is 2.23. The first-order valence-electron chi connectivity index (χ1n) is 8.87. The van der Waals surface area contributed by atoms with Crippen LogP contribution in [0.1, 0.15) is 17.5 Å². The summed E-state index contributed by atoms with van der Waals surface area (Å²) in [6.07, 6.45) is 2.10. The number of hydrogen-bond donors (Lipinski definition) is 1. The average molecular weight is 340 g/mol. The molecule has 134 valence electrons. The molecular formula is C21H28N2O2. The minimum Gasteiger partial charge on any atom is -0.497 e. The third kappa shape index (κ3) is 4.26. The van der Waals surface area contributed by atoms with Crippen molar-refractivity contribution in [2.45, 2.75) is 25.8 Å². The first kappa shape index (κ1) is 17.6. The molecule has 1 heterocycles. The molecule has 0 aliphatic carbocycles. The van der Waals surface area contributed by atoms with Crippen molar-refractivity contribution in [3.05, 3.63) is 53.6 Å². The second-order valence-corrected chi connectivity index (χ2v) is 6.99. The Hall–Kier alpha value is -2.20. The van der Waals surface area contributed by atoms with Crippen molar-refractivity contribution < 1.29 is 9.47 Å². The average Bonchev–Trinajstić information content (AvgIpc) is 2.62. The van der Waals surface area contributed by atoms with Crippen molar-refractivity contribution in [3.8, 4) is 11.5 Å². The molecule has 0 spiro atoms. The van der Waals surface area contributed by atoms with Crippen molar-refractivity contribution in [1.29, 1.82) is 0 Å². The maximum Gasteiger partial charge on any atom is 0.142 e. The Morgan fingerprint density at radius 3 is 2.48 bits per heavy atom. The van der Waals surface area contributed by atoms with E-state index < -0.39 is 0 Å². The molecule has 2 atom stereocenters. The minimum absolute atomic E-state index is 0.167. The van der Waals surface area contributed by atoms with Gasteiger partial charge in [0, 0.05) is 25.2 Å². The van der Waals surface area contributed by atoms with Crippen LogP contribution in [0.3, 0.4) is 0 Å². The van der Waals surface area contributed by atoms with Crippen LogP contribution in [0.15, 0.2) is 42.5 Å². The Morgan fingerprint density at radius 1 is 1.04 bits per heavy atom. The van der Waals surface area contributed by atoms with Crippen LogP contribution in [0.2, 0.25) is 0 Å². The number of nitrogens with zero attached hydrogens (tertiary/aromatic N) is 1. The second-order valence-electron chi connectivity index (χ2n) is 6.99. The van der Waals surface area contributed by atoms with Crippen molar-refractivity contribution >= 4 is 5.69 Å². The van der Waals surface area contributed by atoms with Crippen molar-refractivity contribution in [2.75, 3.05) is 32.2 Å². The van der Waals surface area contributed by atoms with Crippen LogP contribution in [0.25, 0.3) is 0 Å². The van der Waals surface area contributed by atoms with Gasteiger partial charge >= 0.3 is 0 Å². The number of ether oxygens (including phenoxy) is 2. The fourth-order valence-electron chi connectivity index (χ4n) is 3.69. The Balaban J connectivity index is 1.79. The lowest BCUT2D eigenvalue weighted by atomic mass is 9.88. The van der Waals surface area contributed by atoms with Crippen LogP contribution in [0, 0.1) is 12.8 Å². The van der Waals surface area contributed by atoms with Crippen LogP contribution < -0.4 is 20.1 Å². The molecule has 2 N–H and O–H groups in total. The topological polar surface area (TPSA) is 47.7 Å². The highest BCUT2D eigenvalue weighted by Crippen LogP contribution is 2.35. The van der Waals surface area contributed by atoms with Gasteiger partial charge in [-0.1, -0.05) is 29.8 Å². The molecule has 0 amide bonds. The summed E-state index contributed by atoms with van der Waals surface area (Å²) in [5.41, 5.74) is 10.1. The highest BCUT2D eigenvalue weighted by Gasteiger charge is 2.27. The van der Waals surface area contributed by atoms with E-state index in [9.17, 15) is 0 Å². The molecule has 2 unspecified atom stereocenters. The number of benzene rings is 2. The molecule has 1 saturated heterocycles. The highest BCUT2D eigenvalue weighted by atomic mass is 16.5. The van der Waals surface area contributed by atoms with Gasteiger partial charge in [-0.25, -0.2) is 0 Å². The molecule has 4 heteroatoms. The predicted octanol–water partition coefficient (Wildman–Crippen LogP) is 3.41. The number of aryl methyl sites for hydroxylation is 1. The maximum atomic E-state index is 6.38. The summed E-state index contributed by atoms with van der Waals surface area (Å²) < 4.78 is 11.0. The van der Waals surface area contributed by atoms with Gasteiger partial charge in [-0.2, -0.15) is 0 Å². The van der Waals surface area contributed by atoms with E-state index >= 15 is 0 Å². The van der Waals surface area contributed by atoms with E-state index in [4.69, 9.17) is 15.2 Å². The van der Waals surface area contributed by atoms with Crippen molar-refractivity contribution in [2.24, 2.45) is 11.7 Å². The number of anilines is 1. The van der Waals surface area contributed by atoms with Crippen molar-refractivity contribution in [3.63, 3.8) is 0 Å². The van der Waals surface area contributed by atoms with Gasteiger partial charge in [0.05, 0.1) is 19.9 Å². The zero-order chi connectivity index (χ0) is 17.8. The second kappa shape index (κ2) is 7.79. The van der Waals surface area contributed by atoms with Gasteiger partial charge in [-0.05, 0) is 43.4 Å². The number of nitrogens with two attached hydrogens (primary N) is 1. The molecular weight excluding hydrogens is 312 g/mol. The molecule has 4 nitrogen and oxygen atoms in total. The van der Waals surface area contributed by atoms with E-state index in [2.05, 4.69) is 36.1 Å². The Kier molecular flexibility index (Phi) is 5.49. The fourth-order valence-corrected chi connectivity index (χ4v) is 3.69. The van der Waals surface area contributed by atoms with Crippen LogP contribution in [-0.4, -0.2) is 33.4 Å². The number of methoxy groups -OCH3 is 2. The summed E-state index contributed by atoms with van der Waals surface area (Å²) in [6, 6.07) is 14.9. The lowest BCUT2D eigenvalue weighted by molar-refractivity contribution is 0.365. The van der Waals surface area contributed by atoms with E-state index in [0.717, 1.165) is 43.1 Å². The first-order chi connectivity index (χ1) is 12.1. The third-order valence-corrected chi connectivity index (χ3v) is 4.94. The molecule has 0 bridgehead atoms. The summed E-state index contributed by atoms with van der Waals surface area (Å²) in [7, 11) is 3.40. The SMILES string of the molecule is COc1ccc(OC)c(N2CC(N)CC(Cc3ccc(C)cc3)C2)c1. The molecule has 1 fully saturated rings. The zero-order valence-electron chi connectivity index (χ0n) is 15.4. The zero-order valence-corrected chi connectivity index (χ0v) is 15.4. The smallest absolute Gasteiger partial charge is 0.142 e. The molecule has 0 radical (unpaired) electrons. The van der Waals surface area contributed by atoms with Gasteiger partial charge in [0.2, 0.25) is 0 Å². The molecule has 0 aromatic heterocycles. The predicted molar refractivity (Wildman–Crippen MR) is 103 cm³/mol. The van der Waals surface area contributed by atoms with Gasteiger partial charge in [0.25, 0.3) is 0 Å². The first-order valence-corrected chi connectivity index (χ1v) is 8.87. The van der Waals surface area contributed by atoms with E-state index in [1.54, 1.807) is 14.2 Å². The van der Waals surface area contributed by atoms with Gasteiger partial charge in [-0.3, -0.25) is 0 Å².